The number of primary amides is 1. The molecule has 3 rings (SSSR count). The number of aryl methyl sites for hydroxylation is 1. The molecule has 0 aliphatic carbocycles. The number of fused-ring (bicyclic) bond motifs is 1. The monoisotopic (exact) mass is 338 g/mol. The number of carbonyl (C=O) groups is 2. The van der Waals surface area contributed by atoms with Gasteiger partial charge in [0.25, 0.3) is 0 Å². The Bertz CT molecular complexity index is 816. The number of amides is 2. The fraction of sp³-hybridized carbons (Fsp3) is 0.300. The van der Waals surface area contributed by atoms with Crippen LogP contribution in [0.4, 0.5) is 5.69 Å². The molecule has 0 bridgehead atoms. The molecule has 1 heterocycles. The Morgan fingerprint density at radius 1 is 1.24 bits per heavy atom. The van der Waals surface area contributed by atoms with E-state index in [1.807, 2.05) is 49.4 Å². The van der Waals surface area contributed by atoms with Gasteiger partial charge in [-0.3, -0.25) is 9.59 Å². The van der Waals surface area contributed by atoms with Gasteiger partial charge < -0.3 is 15.4 Å². The van der Waals surface area contributed by atoms with Crippen LogP contribution in [0.2, 0.25) is 0 Å². The van der Waals surface area contributed by atoms with E-state index < -0.39 is 0 Å². The number of hydrogen-bond donors (Lipinski definition) is 1. The van der Waals surface area contributed by atoms with Gasteiger partial charge in [0, 0.05) is 12.2 Å². The third-order valence-electron chi connectivity index (χ3n) is 4.75. The molecule has 2 amide bonds. The Morgan fingerprint density at radius 3 is 2.68 bits per heavy atom. The van der Waals surface area contributed by atoms with Gasteiger partial charge in [-0.25, -0.2) is 0 Å². The lowest BCUT2D eigenvalue weighted by Crippen LogP contribution is -2.45. The number of benzene rings is 2. The van der Waals surface area contributed by atoms with Gasteiger partial charge in [-0.05, 0) is 48.2 Å². The van der Waals surface area contributed by atoms with Gasteiger partial charge in [0.05, 0.1) is 19.4 Å². The zero-order valence-corrected chi connectivity index (χ0v) is 14.5. The minimum Gasteiger partial charge on any atom is -0.497 e. The predicted molar refractivity (Wildman–Crippen MR) is 96.6 cm³/mol. The SMILES string of the molecule is COc1ccc(CC(=O)N2CC(C(N)=O)Cc3ccccc32)c(C)c1. The highest BCUT2D eigenvalue weighted by Crippen LogP contribution is 2.30. The van der Waals surface area contributed by atoms with Crippen molar-refractivity contribution >= 4 is 17.5 Å². The van der Waals surface area contributed by atoms with Crippen LogP contribution in [0.15, 0.2) is 42.5 Å². The molecule has 0 radical (unpaired) electrons. The number of ether oxygens (including phenoxy) is 1. The van der Waals surface area contributed by atoms with Crippen molar-refractivity contribution in [1.29, 1.82) is 0 Å². The van der Waals surface area contributed by atoms with E-state index in [0.717, 1.165) is 28.1 Å². The molecule has 1 aliphatic heterocycles. The second-order valence-electron chi connectivity index (χ2n) is 6.41. The average Bonchev–Trinajstić information content (AvgIpc) is 2.62. The van der Waals surface area contributed by atoms with Gasteiger partial charge in [0.15, 0.2) is 0 Å². The normalized spacial score (nSPS) is 16.2. The largest absolute Gasteiger partial charge is 0.497 e. The average molecular weight is 338 g/mol. The molecule has 1 atom stereocenters. The fourth-order valence-electron chi connectivity index (χ4n) is 3.27. The molecule has 2 N–H and O–H groups in total. The smallest absolute Gasteiger partial charge is 0.231 e. The summed E-state index contributed by atoms with van der Waals surface area (Å²) in [5, 5.41) is 0. The maximum absolute atomic E-state index is 12.9. The number of methoxy groups -OCH3 is 1. The minimum absolute atomic E-state index is 0.0355. The molecule has 5 nitrogen and oxygen atoms in total. The number of para-hydroxylation sites is 1. The fourth-order valence-corrected chi connectivity index (χ4v) is 3.27. The standard InChI is InChI=1S/C20H22N2O3/c1-13-9-17(25-2)8-7-14(13)11-19(23)22-12-16(20(21)24)10-15-5-3-4-6-18(15)22/h3-9,16H,10-12H2,1-2H3,(H2,21,24). The molecule has 2 aromatic rings. The van der Waals surface area contributed by atoms with Crippen LogP contribution < -0.4 is 15.4 Å². The van der Waals surface area contributed by atoms with Crippen molar-refractivity contribution in [2.24, 2.45) is 11.7 Å². The van der Waals surface area contributed by atoms with Gasteiger partial charge in [-0.1, -0.05) is 24.3 Å². The number of rotatable bonds is 4. The van der Waals surface area contributed by atoms with E-state index in [4.69, 9.17) is 10.5 Å². The lowest BCUT2D eigenvalue weighted by Gasteiger charge is -2.33. The summed E-state index contributed by atoms with van der Waals surface area (Å²) in [6.07, 6.45) is 0.854. The Morgan fingerprint density at radius 2 is 2.00 bits per heavy atom. The Kier molecular flexibility index (Phi) is 4.74. The first kappa shape index (κ1) is 17.0. The highest BCUT2D eigenvalue weighted by molar-refractivity contribution is 5.97. The molecular weight excluding hydrogens is 316 g/mol. The Balaban J connectivity index is 1.87. The molecule has 5 heteroatoms. The molecular formula is C20H22N2O3. The van der Waals surface area contributed by atoms with E-state index in [1.165, 1.54) is 0 Å². The summed E-state index contributed by atoms with van der Waals surface area (Å²) in [5.74, 6) is 0.0150. The number of nitrogens with two attached hydrogens (primary N) is 1. The van der Waals surface area contributed by atoms with Crippen LogP contribution in [0.1, 0.15) is 16.7 Å². The van der Waals surface area contributed by atoms with Gasteiger partial charge in [0.2, 0.25) is 11.8 Å². The van der Waals surface area contributed by atoms with Crippen LogP contribution in [0.25, 0.3) is 0 Å². The molecule has 0 fully saturated rings. The first-order valence-electron chi connectivity index (χ1n) is 8.30. The van der Waals surface area contributed by atoms with Crippen molar-refractivity contribution in [3.8, 4) is 5.75 Å². The molecule has 130 valence electrons. The van der Waals surface area contributed by atoms with Crippen molar-refractivity contribution in [1.82, 2.24) is 0 Å². The highest BCUT2D eigenvalue weighted by atomic mass is 16.5. The van der Waals surface area contributed by atoms with E-state index >= 15 is 0 Å². The first-order valence-corrected chi connectivity index (χ1v) is 8.30. The first-order chi connectivity index (χ1) is 12.0. The maximum atomic E-state index is 12.9. The van der Waals surface area contributed by atoms with Crippen molar-refractivity contribution in [3.63, 3.8) is 0 Å². The lowest BCUT2D eigenvalue weighted by atomic mass is 9.91. The van der Waals surface area contributed by atoms with Crippen LogP contribution in [0.5, 0.6) is 5.75 Å². The third kappa shape index (κ3) is 3.50. The van der Waals surface area contributed by atoms with Gasteiger partial charge in [-0.15, -0.1) is 0 Å². The predicted octanol–water partition coefficient (Wildman–Crippen LogP) is 2.24. The Labute approximate surface area is 147 Å². The summed E-state index contributed by atoms with van der Waals surface area (Å²) in [6.45, 7) is 2.29. The van der Waals surface area contributed by atoms with E-state index in [-0.39, 0.29) is 24.2 Å². The molecule has 0 spiro atoms. The lowest BCUT2D eigenvalue weighted by molar-refractivity contribution is -0.122. The molecule has 0 saturated heterocycles. The highest BCUT2D eigenvalue weighted by Gasteiger charge is 2.31. The number of nitrogens with zero attached hydrogens (tertiary/aromatic N) is 1. The zero-order valence-electron chi connectivity index (χ0n) is 14.5. The molecule has 2 aromatic carbocycles. The summed E-state index contributed by atoms with van der Waals surface area (Å²) in [6, 6.07) is 13.4. The van der Waals surface area contributed by atoms with Crippen molar-refractivity contribution in [3.05, 3.63) is 59.2 Å². The van der Waals surface area contributed by atoms with Crippen molar-refractivity contribution in [2.45, 2.75) is 19.8 Å². The second kappa shape index (κ2) is 6.97. The topological polar surface area (TPSA) is 72.6 Å². The van der Waals surface area contributed by atoms with Gasteiger partial charge in [0.1, 0.15) is 5.75 Å². The molecule has 1 unspecified atom stereocenters. The number of hydrogen-bond acceptors (Lipinski definition) is 3. The van der Waals surface area contributed by atoms with E-state index in [0.29, 0.717) is 13.0 Å². The van der Waals surface area contributed by atoms with Crippen molar-refractivity contribution in [2.75, 3.05) is 18.6 Å². The number of anilines is 1. The van der Waals surface area contributed by atoms with E-state index in [9.17, 15) is 9.59 Å². The van der Waals surface area contributed by atoms with Crippen LogP contribution in [0.3, 0.4) is 0 Å². The summed E-state index contributed by atoms with van der Waals surface area (Å²) in [7, 11) is 1.62. The quantitative estimate of drug-likeness (QED) is 0.929. The van der Waals surface area contributed by atoms with Gasteiger partial charge >= 0.3 is 0 Å². The molecule has 0 aromatic heterocycles. The Hall–Kier alpha value is -2.82. The minimum atomic E-state index is -0.368. The third-order valence-corrected chi connectivity index (χ3v) is 4.75. The van der Waals surface area contributed by atoms with E-state index in [2.05, 4.69) is 0 Å². The maximum Gasteiger partial charge on any atom is 0.231 e. The zero-order chi connectivity index (χ0) is 18.0. The molecule has 25 heavy (non-hydrogen) atoms. The summed E-state index contributed by atoms with van der Waals surface area (Å²) < 4.78 is 5.21. The summed E-state index contributed by atoms with van der Waals surface area (Å²) in [4.78, 5) is 26.3. The van der Waals surface area contributed by atoms with E-state index in [1.54, 1.807) is 12.0 Å². The van der Waals surface area contributed by atoms with Crippen LogP contribution >= 0.6 is 0 Å². The summed E-state index contributed by atoms with van der Waals surface area (Å²) >= 11 is 0. The summed E-state index contributed by atoms with van der Waals surface area (Å²) in [5.41, 5.74) is 9.31. The van der Waals surface area contributed by atoms with Gasteiger partial charge in [-0.2, -0.15) is 0 Å². The molecule has 1 aliphatic rings. The van der Waals surface area contributed by atoms with Crippen molar-refractivity contribution < 1.29 is 14.3 Å². The van der Waals surface area contributed by atoms with Crippen LogP contribution in [-0.4, -0.2) is 25.5 Å². The number of carbonyl (C=O) groups excluding carboxylic acids is 2. The van der Waals surface area contributed by atoms with Crippen LogP contribution in [0, 0.1) is 12.8 Å². The van der Waals surface area contributed by atoms with Crippen LogP contribution in [-0.2, 0) is 22.4 Å². The second-order valence-corrected chi connectivity index (χ2v) is 6.41. The molecule has 0 saturated carbocycles.